The maximum atomic E-state index is 6.37. The highest BCUT2D eigenvalue weighted by molar-refractivity contribution is 5.92. The number of pyridine rings is 3. The Hall–Kier alpha value is -5.89. The third-order valence-corrected chi connectivity index (χ3v) is 8.47. The summed E-state index contributed by atoms with van der Waals surface area (Å²) in [4.78, 5) is 13.4. The minimum atomic E-state index is 0.563. The van der Waals surface area contributed by atoms with Crippen LogP contribution in [-0.2, 0) is 6.42 Å². The summed E-state index contributed by atoms with van der Waals surface area (Å²) < 4.78 is 12.7. The van der Waals surface area contributed by atoms with Gasteiger partial charge in [-0.25, -0.2) is 0 Å². The summed E-state index contributed by atoms with van der Waals surface area (Å²) >= 11 is 0. The molecule has 0 fully saturated rings. The van der Waals surface area contributed by atoms with Gasteiger partial charge in [0.1, 0.15) is 0 Å². The zero-order chi connectivity index (χ0) is 33.1. The molecule has 0 aliphatic rings. The summed E-state index contributed by atoms with van der Waals surface area (Å²) in [6, 6.07) is 36.9. The van der Waals surface area contributed by atoms with Gasteiger partial charge in [0.05, 0.1) is 29.8 Å². The Morgan fingerprint density at radius 2 is 0.898 bits per heavy atom. The molecule has 4 aromatic carbocycles. The van der Waals surface area contributed by atoms with Gasteiger partial charge in [0.25, 0.3) is 0 Å². The van der Waals surface area contributed by atoms with Gasteiger partial charge < -0.3 is 25.4 Å². The van der Waals surface area contributed by atoms with Gasteiger partial charge in [0.2, 0.25) is 0 Å². The lowest BCUT2D eigenvalue weighted by Gasteiger charge is -2.16. The van der Waals surface area contributed by atoms with E-state index in [0.717, 1.165) is 100 Å². The molecule has 7 aromatic rings. The number of anilines is 3. The number of ether oxygens (including phenoxy) is 2. The summed E-state index contributed by atoms with van der Waals surface area (Å²) in [5.74, 6) is 1.54. The molecule has 0 saturated carbocycles. The molecule has 0 radical (unpaired) electrons. The van der Waals surface area contributed by atoms with E-state index in [4.69, 9.17) is 9.47 Å². The number of benzene rings is 4. The Bertz CT molecular complexity index is 2140. The van der Waals surface area contributed by atoms with Crippen molar-refractivity contribution in [2.75, 3.05) is 48.8 Å². The number of aromatic nitrogens is 3. The SMILES string of the molecule is c1ccc2c(NCCCOc3ccc(CCNc4ccnc5ccccc45)cc3OCCCNc3ccnc4ccccc34)ccnc2c1. The molecule has 0 amide bonds. The third-order valence-electron chi connectivity index (χ3n) is 8.47. The van der Waals surface area contributed by atoms with E-state index < -0.39 is 0 Å². The number of fused-ring (bicyclic) bond motifs is 3. The molecule has 3 heterocycles. The maximum Gasteiger partial charge on any atom is 0.161 e. The molecule has 246 valence electrons. The third kappa shape index (κ3) is 7.99. The second-order valence-electron chi connectivity index (χ2n) is 11.8. The number of nitrogens with one attached hydrogen (secondary N) is 3. The lowest BCUT2D eigenvalue weighted by atomic mass is 10.1. The molecule has 8 nitrogen and oxygen atoms in total. The van der Waals surface area contributed by atoms with Gasteiger partial charge >= 0.3 is 0 Å². The molecule has 0 saturated heterocycles. The molecular formula is C41H40N6O2. The molecule has 7 rings (SSSR count). The number of nitrogens with zero attached hydrogens (tertiary/aromatic N) is 3. The largest absolute Gasteiger partial charge is 0.490 e. The Morgan fingerprint density at radius 1 is 0.449 bits per heavy atom. The van der Waals surface area contributed by atoms with Crippen molar-refractivity contribution in [1.82, 2.24) is 15.0 Å². The molecule has 0 unspecified atom stereocenters. The standard InChI is InChI=1S/C41H40N6O2/c1-4-12-34-31(9-1)37(18-24-45-34)42-21-7-27-48-40-16-15-30(17-23-44-39-20-26-47-36-14-6-3-11-33(36)39)29-41(40)49-28-8-22-43-38-19-25-46-35-13-5-2-10-32(35)38/h1-6,9-16,18-20,24-26,29H,7-8,17,21-23,27-28H2,(H,42,45)(H,43,46)(H,44,47). The summed E-state index contributed by atoms with van der Waals surface area (Å²) in [6.45, 7) is 3.48. The second-order valence-corrected chi connectivity index (χ2v) is 11.8. The fourth-order valence-electron chi connectivity index (χ4n) is 5.99. The van der Waals surface area contributed by atoms with E-state index >= 15 is 0 Å². The van der Waals surface area contributed by atoms with Crippen LogP contribution in [0.2, 0.25) is 0 Å². The Kier molecular flexibility index (Phi) is 10.2. The van der Waals surface area contributed by atoms with E-state index in [0.29, 0.717) is 13.2 Å². The lowest BCUT2D eigenvalue weighted by Crippen LogP contribution is -2.11. The topological polar surface area (TPSA) is 93.2 Å². The predicted octanol–water partition coefficient (Wildman–Crippen LogP) is 8.75. The smallest absolute Gasteiger partial charge is 0.161 e. The van der Waals surface area contributed by atoms with E-state index in [1.807, 2.05) is 97.5 Å². The van der Waals surface area contributed by atoms with Crippen molar-refractivity contribution in [2.24, 2.45) is 0 Å². The number of para-hydroxylation sites is 3. The molecule has 0 aliphatic carbocycles. The minimum absolute atomic E-state index is 0.563. The Morgan fingerprint density at radius 3 is 1.41 bits per heavy atom. The minimum Gasteiger partial charge on any atom is -0.490 e. The molecule has 3 N–H and O–H groups in total. The lowest BCUT2D eigenvalue weighted by molar-refractivity contribution is 0.266. The van der Waals surface area contributed by atoms with Crippen molar-refractivity contribution in [3.63, 3.8) is 0 Å². The summed E-state index contributed by atoms with van der Waals surface area (Å²) in [5.41, 5.74) is 7.39. The highest BCUT2D eigenvalue weighted by Crippen LogP contribution is 2.30. The average molecular weight is 649 g/mol. The van der Waals surface area contributed by atoms with E-state index in [9.17, 15) is 0 Å². The van der Waals surface area contributed by atoms with Crippen molar-refractivity contribution < 1.29 is 9.47 Å². The van der Waals surface area contributed by atoms with Gasteiger partial charge in [-0.05, 0) is 73.4 Å². The normalized spacial score (nSPS) is 11.1. The molecule has 49 heavy (non-hydrogen) atoms. The molecule has 0 spiro atoms. The predicted molar refractivity (Wildman–Crippen MR) is 201 cm³/mol. The summed E-state index contributed by atoms with van der Waals surface area (Å²) in [6.07, 6.45) is 8.05. The zero-order valence-corrected chi connectivity index (χ0v) is 27.4. The van der Waals surface area contributed by atoms with Gasteiger partial charge in [0, 0.05) is 71.4 Å². The van der Waals surface area contributed by atoms with Crippen molar-refractivity contribution >= 4 is 49.8 Å². The van der Waals surface area contributed by atoms with Gasteiger partial charge in [-0.3, -0.25) is 15.0 Å². The highest BCUT2D eigenvalue weighted by Gasteiger charge is 2.09. The van der Waals surface area contributed by atoms with Crippen LogP contribution in [0, 0.1) is 0 Å². The quantitative estimate of drug-likeness (QED) is 0.0896. The second kappa shape index (κ2) is 15.8. The fraction of sp³-hybridized carbons (Fsp3) is 0.195. The van der Waals surface area contributed by atoms with Crippen molar-refractivity contribution in [2.45, 2.75) is 19.3 Å². The summed E-state index contributed by atoms with van der Waals surface area (Å²) in [7, 11) is 0. The zero-order valence-electron chi connectivity index (χ0n) is 27.4. The van der Waals surface area contributed by atoms with Gasteiger partial charge in [-0.2, -0.15) is 0 Å². The van der Waals surface area contributed by atoms with Crippen LogP contribution in [0.4, 0.5) is 17.1 Å². The monoisotopic (exact) mass is 648 g/mol. The van der Waals surface area contributed by atoms with Crippen molar-refractivity contribution in [3.05, 3.63) is 133 Å². The van der Waals surface area contributed by atoms with E-state index in [1.165, 1.54) is 5.56 Å². The first-order valence-corrected chi connectivity index (χ1v) is 16.9. The van der Waals surface area contributed by atoms with E-state index in [2.05, 4.69) is 61.2 Å². The van der Waals surface area contributed by atoms with Crippen LogP contribution in [0.3, 0.4) is 0 Å². The van der Waals surface area contributed by atoms with E-state index in [1.54, 1.807) is 0 Å². The first-order valence-electron chi connectivity index (χ1n) is 16.9. The van der Waals surface area contributed by atoms with Crippen molar-refractivity contribution in [1.29, 1.82) is 0 Å². The van der Waals surface area contributed by atoms with Gasteiger partial charge in [-0.1, -0.05) is 60.7 Å². The molecular weight excluding hydrogens is 608 g/mol. The van der Waals surface area contributed by atoms with Crippen LogP contribution in [0.25, 0.3) is 32.7 Å². The molecule has 8 heteroatoms. The summed E-state index contributed by atoms with van der Waals surface area (Å²) in [5, 5.41) is 14.1. The number of hydrogen-bond donors (Lipinski definition) is 3. The Balaban J connectivity index is 0.959. The van der Waals surface area contributed by atoms with E-state index in [-0.39, 0.29) is 0 Å². The number of hydrogen-bond acceptors (Lipinski definition) is 8. The average Bonchev–Trinajstić information content (AvgIpc) is 3.15. The van der Waals surface area contributed by atoms with Crippen molar-refractivity contribution in [3.8, 4) is 11.5 Å². The van der Waals surface area contributed by atoms with Crippen LogP contribution in [0.5, 0.6) is 11.5 Å². The highest BCUT2D eigenvalue weighted by atomic mass is 16.5. The van der Waals surface area contributed by atoms with Gasteiger partial charge in [-0.15, -0.1) is 0 Å². The first kappa shape index (κ1) is 31.7. The van der Waals surface area contributed by atoms with Crippen LogP contribution >= 0.6 is 0 Å². The molecule has 0 atom stereocenters. The van der Waals surface area contributed by atoms with Gasteiger partial charge in [0.15, 0.2) is 11.5 Å². The van der Waals surface area contributed by atoms with Crippen LogP contribution in [0.15, 0.2) is 128 Å². The fourth-order valence-corrected chi connectivity index (χ4v) is 5.99. The van der Waals surface area contributed by atoms with Crippen LogP contribution < -0.4 is 25.4 Å². The first-order chi connectivity index (χ1) is 24.3. The number of rotatable bonds is 16. The molecule has 3 aromatic heterocycles. The Labute approximate surface area is 286 Å². The molecule has 0 aliphatic heterocycles. The van der Waals surface area contributed by atoms with Crippen LogP contribution in [-0.4, -0.2) is 47.8 Å². The van der Waals surface area contributed by atoms with Crippen LogP contribution in [0.1, 0.15) is 18.4 Å². The molecule has 0 bridgehead atoms. The maximum absolute atomic E-state index is 6.37.